The number of aliphatic imine (C=N–C) groups is 2. The Labute approximate surface area is 630 Å². The van der Waals surface area contributed by atoms with Crippen LogP contribution in [0.25, 0.3) is 11.1 Å². The molecule has 2 unspecified atom stereocenters. The molecule has 26 heteroatoms. The molecule has 8 aromatic rings. The van der Waals surface area contributed by atoms with Crippen molar-refractivity contribution in [1.82, 2.24) is 9.80 Å². The number of allylic oxidation sites excluding steroid dienone is 6. The van der Waals surface area contributed by atoms with Crippen molar-refractivity contribution in [2.24, 2.45) is 21.8 Å². The van der Waals surface area contributed by atoms with Gasteiger partial charge >= 0.3 is 41.7 Å². The monoisotopic (exact) mass is 1490 g/mol. The number of fused-ring (bicyclic) bond motifs is 4. The van der Waals surface area contributed by atoms with Crippen LogP contribution in [-0.4, -0.2) is 87.5 Å². The summed E-state index contributed by atoms with van der Waals surface area (Å²) in [6, 6.07) is 58.2. The van der Waals surface area contributed by atoms with Gasteiger partial charge in [0.25, 0.3) is 23.6 Å². The fourth-order valence-electron chi connectivity index (χ4n) is 12.2. The van der Waals surface area contributed by atoms with Crippen LogP contribution in [0.15, 0.2) is 262 Å². The highest BCUT2D eigenvalue weighted by atomic mass is 32.1. The number of hydrogen-bond acceptors (Lipinski definition) is 24. The van der Waals surface area contributed by atoms with Crippen LogP contribution >= 0.6 is 22.7 Å². The summed E-state index contributed by atoms with van der Waals surface area (Å²) in [6.07, 6.45) is 3.50. The van der Waals surface area contributed by atoms with Gasteiger partial charge in [-0.15, -0.1) is 22.7 Å². The highest BCUT2D eigenvalue weighted by molar-refractivity contribution is 7.17. The Balaban J connectivity index is 0.949. The quantitative estimate of drug-likeness (QED) is 0.0263. The van der Waals surface area contributed by atoms with Crippen molar-refractivity contribution >= 4 is 115 Å². The summed E-state index contributed by atoms with van der Waals surface area (Å²) in [5, 5.41) is 20.7. The van der Waals surface area contributed by atoms with E-state index in [1.807, 2.05) is 0 Å². The molecular weight excluding hydrogens is 1430 g/mol. The molecule has 109 heavy (non-hydrogen) atoms. The van der Waals surface area contributed by atoms with Crippen LogP contribution in [0.5, 0.6) is 0 Å². The second-order valence-electron chi connectivity index (χ2n) is 24.9. The number of imide groups is 6. The maximum atomic E-state index is 15.6. The second-order valence-corrected chi connectivity index (χ2v) is 27.0. The van der Waals surface area contributed by atoms with Crippen LogP contribution in [-0.2, 0) is 128 Å². The van der Waals surface area contributed by atoms with Gasteiger partial charge in [-0.05, 0) is 77.1 Å². The van der Waals surface area contributed by atoms with Gasteiger partial charge in [-0.3, -0.25) is 24.0 Å². The molecule has 2 aromatic heterocycles. The van der Waals surface area contributed by atoms with Gasteiger partial charge in [0.15, 0.2) is 6.61 Å². The van der Waals surface area contributed by atoms with Crippen molar-refractivity contribution < 1.29 is 85.8 Å². The molecule has 6 amide bonds. The van der Waals surface area contributed by atoms with Crippen molar-refractivity contribution in [3.8, 4) is 12.1 Å². The third-order valence-corrected chi connectivity index (χ3v) is 19.9. The van der Waals surface area contributed by atoms with E-state index in [4.69, 9.17) is 47.9 Å². The summed E-state index contributed by atoms with van der Waals surface area (Å²) in [6.45, 7) is 0.225. The molecule has 0 radical (unpaired) electrons. The number of carbonyl (C=O) groups is 10. The van der Waals surface area contributed by atoms with Crippen LogP contribution in [0.2, 0.25) is 0 Å². The topological polar surface area (TPSA) is 323 Å². The Kier molecular flexibility index (Phi) is 22.0. The first-order valence-corrected chi connectivity index (χ1v) is 35.4. The van der Waals surface area contributed by atoms with Gasteiger partial charge in [0.1, 0.15) is 95.9 Å². The number of carbonyl (C=O) groups excluding carboxylic acids is 10. The largest absolute Gasteiger partial charge is 0.482 e. The number of nitrogens with zero attached hydrogens (tertiary/aromatic N) is 6. The van der Waals surface area contributed by atoms with Crippen molar-refractivity contribution in [1.29, 1.82) is 10.5 Å². The maximum Gasteiger partial charge on any atom is 0.424 e. The van der Waals surface area contributed by atoms with E-state index in [0.717, 1.165) is 22.7 Å². The lowest BCUT2D eigenvalue weighted by molar-refractivity contribution is -0.190. The number of benzene rings is 6. The van der Waals surface area contributed by atoms with Gasteiger partial charge in [-0.25, -0.2) is 34.0 Å². The fraction of sp³-hybridized carbons (Fsp3) is 0.157. The lowest BCUT2D eigenvalue weighted by atomic mass is 9.77. The molecule has 5 aliphatic rings. The zero-order chi connectivity index (χ0) is 76.3. The molecular formula is C83H60N6O18S2. The number of esters is 4. The zero-order valence-corrected chi connectivity index (χ0v) is 59.6. The van der Waals surface area contributed by atoms with Crippen molar-refractivity contribution in [2.75, 3.05) is 6.61 Å². The average Bonchev–Trinajstić information content (AvgIpc) is 1.65. The molecule has 0 fully saturated rings. The number of rotatable bonds is 22. The van der Waals surface area contributed by atoms with E-state index in [2.05, 4.69) is 0 Å². The predicted molar refractivity (Wildman–Crippen MR) is 393 cm³/mol. The van der Waals surface area contributed by atoms with Gasteiger partial charge in [0.2, 0.25) is 0 Å². The molecule has 6 aromatic carbocycles. The smallest absolute Gasteiger partial charge is 0.424 e. The summed E-state index contributed by atoms with van der Waals surface area (Å²) in [5.41, 5.74) is -1.54. The number of amides is 6. The lowest BCUT2D eigenvalue weighted by Crippen LogP contribution is -2.50. The van der Waals surface area contributed by atoms with Gasteiger partial charge < -0.3 is 37.9 Å². The van der Waals surface area contributed by atoms with E-state index in [9.17, 15) is 48.9 Å². The van der Waals surface area contributed by atoms with E-state index in [0.29, 0.717) is 33.4 Å². The molecule has 0 saturated heterocycles. The Bertz CT molecular complexity index is 5320. The Hall–Kier alpha value is -13.8. The first-order valence-electron chi connectivity index (χ1n) is 33.8. The van der Waals surface area contributed by atoms with Crippen molar-refractivity contribution in [3.05, 3.63) is 307 Å². The zero-order valence-electron chi connectivity index (χ0n) is 57.9. The molecule has 0 N–H and O–H groups in total. The highest BCUT2D eigenvalue weighted by Crippen LogP contribution is 2.55. The van der Waals surface area contributed by atoms with E-state index in [1.54, 1.807) is 218 Å². The average molecular weight is 1490 g/mol. The summed E-state index contributed by atoms with van der Waals surface area (Å²) < 4.78 is 47.9. The number of nitriles is 2. The molecule has 0 bridgehead atoms. The van der Waals surface area contributed by atoms with Crippen LogP contribution in [0.4, 0.5) is 19.6 Å². The summed E-state index contributed by atoms with van der Waals surface area (Å²) in [4.78, 5) is 154. The maximum absolute atomic E-state index is 15.6. The van der Waals surface area contributed by atoms with Gasteiger partial charge in [0.05, 0.1) is 6.42 Å². The molecule has 13 rings (SSSR count). The Morgan fingerprint density at radius 1 is 0.459 bits per heavy atom. The van der Waals surface area contributed by atoms with E-state index >= 15 is 9.59 Å². The van der Waals surface area contributed by atoms with E-state index in [-0.39, 0.29) is 114 Å². The fourth-order valence-corrected chi connectivity index (χ4v) is 14.4. The first kappa shape index (κ1) is 73.5. The minimum absolute atomic E-state index is 0.00131. The predicted octanol–water partition coefficient (Wildman–Crippen LogP) is 13.3. The Morgan fingerprint density at radius 3 is 1.27 bits per heavy atom. The normalized spacial score (nSPS) is 17.0. The highest BCUT2D eigenvalue weighted by Gasteiger charge is 2.60. The summed E-state index contributed by atoms with van der Waals surface area (Å²) in [5.74, 6) is -10.7. The summed E-state index contributed by atoms with van der Waals surface area (Å²) >= 11 is 1.77. The molecule has 2 atom stereocenters. The number of hydrogen-bond donors (Lipinski definition) is 0. The van der Waals surface area contributed by atoms with E-state index in [1.165, 1.54) is 26.0 Å². The minimum atomic E-state index is -2.86. The molecule has 0 spiro atoms. The van der Waals surface area contributed by atoms with Crippen LogP contribution in [0.1, 0.15) is 68.1 Å². The molecule has 542 valence electrons. The van der Waals surface area contributed by atoms with Crippen molar-refractivity contribution in [2.45, 2.75) is 65.5 Å². The third-order valence-electron chi connectivity index (χ3n) is 17.7. The number of ether oxygens (including phenoxy) is 8. The molecule has 0 saturated carbocycles. The van der Waals surface area contributed by atoms with Crippen LogP contribution in [0.3, 0.4) is 0 Å². The second kappa shape index (κ2) is 32.7. The molecule has 3 aliphatic heterocycles. The van der Waals surface area contributed by atoms with Crippen molar-refractivity contribution in [3.63, 3.8) is 0 Å². The Morgan fingerprint density at radius 2 is 0.835 bits per heavy atom. The molecule has 24 nitrogen and oxygen atoms in total. The summed E-state index contributed by atoms with van der Waals surface area (Å²) in [7, 11) is 0. The minimum Gasteiger partial charge on any atom is -0.482 e. The molecule has 5 heterocycles. The van der Waals surface area contributed by atoms with Gasteiger partial charge in [-0.2, -0.15) is 20.3 Å². The first-order chi connectivity index (χ1) is 52.9. The SMILES string of the molecule is CC1=C(C#N)C(=O)N(C(=O)OCc2ccccc2)C(=O)/C1=N\c1cc(CC(=O)OCc2ccccc2)c(C2=CC3C=C4OC(C(=O)OCc5ccccc5)(C(=O)OCc5ccccc5)c5cc(/N=C6/C(=O)N(C(=O)OCc7ccccc7)C(=O)C(C#N)=C6C)sc5C4=CC3C=C2OCC(=O)OCc2ccccc2)s1. The standard InChI is InChI=1S/C83H60N6O18S2/c1-49-62(40-84)75(92)88(81(98)105-46-55-29-17-7-18-30-55)77(94)71(49)86-67-37-59(38-69(90)101-42-51-21-9-3-10-22-51)73(108-67)60-33-58-36-66-61(34-57(58)35-65(60)100-48-70(91)102-43-52-23-11-4-12-24-52)74-64(83(107-66,79(96)103-44-53-25-13-5-14-26-53)80(97)104-45-54-27-15-6-16-28-54)39-68(109-74)87-72-50(2)63(41-85)76(93)89(78(72)95)82(99)106-47-56-31-19-8-20-32-56/h3-37,39,57-58H,38,42-48H2,1-2H3/b86-71-,87-72+. The van der Waals surface area contributed by atoms with E-state index < -0.39 is 113 Å². The van der Waals surface area contributed by atoms with Crippen LogP contribution in [0, 0.1) is 34.5 Å². The third kappa shape index (κ3) is 15.9. The van der Waals surface area contributed by atoms with Gasteiger partial charge in [0, 0.05) is 49.4 Å². The number of thiophene rings is 2. The lowest BCUT2D eigenvalue weighted by Gasteiger charge is -2.39. The van der Waals surface area contributed by atoms with Gasteiger partial charge in [-0.1, -0.05) is 194 Å². The van der Waals surface area contributed by atoms with Crippen LogP contribution < -0.4 is 0 Å². The molecule has 2 aliphatic carbocycles.